The van der Waals surface area contributed by atoms with Gasteiger partial charge in [0.2, 0.25) is 5.91 Å². The Balaban J connectivity index is 1.80. The summed E-state index contributed by atoms with van der Waals surface area (Å²) < 4.78 is 1.09. The third kappa shape index (κ3) is 2.99. The molecule has 1 aliphatic rings. The highest BCUT2D eigenvalue weighted by Crippen LogP contribution is 2.31. The van der Waals surface area contributed by atoms with Gasteiger partial charge in [0.1, 0.15) is 0 Å². The number of carbonyl (C=O) groups excluding carboxylic acids is 1. The largest absolute Gasteiger partial charge is 0.357 e. The maximum absolute atomic E-state index is 12.3. The van der Waals surface area contributed by atoms with Crippen LogP contribution in [0.4, 0.5) is 0 Å². The monoisotopic (exact) mass is 366 g/mol. The highest BCUT2D eigenvalue weighted by atomic mass is 79.9. The van der Waals surface area contributed by atoms with E-state index in [0.717, 1.165) is 41.0 Å². The fourth-order valence-electron chi connectivity index (χ4n) is 2.88. The number of amides is 1. The smallest absolute Gasteiger partial charge is 0.223 e. The van der Waals surface area contributed by atoms with Gasteiger partial charge in [-0.15, -0.1) is 0 Å². The van der Waals surface area contributed by atoms with Crippen molar-refractivity contribution >= 4 is 44.5 Å². The van der Waals surface area contributed by atoms with Crippen molar-refractivity contribution in [3.05, 3.63) is 33.9 Å². The number of aromatic nitrogens is 1. The Morgan fingerprint density at radius 3 is 3.14 bits per heavy atom. The normalized spacial score (nSPS) is 14.5. The lowest BCUT2D eigenvalue weighted by atomic mass is 10.0. The number of nitrogens with zero attached hydrogens (tertiary/aromatic N) is 1. The third-order valence-corrected chi connectivity index (χ3v) is 5.54. The minimum absolute atomic E-state index is 0.283. The zero-order valence-corrected chi connectivity index (χ0v) is 14.5. The van der Waals surface area contributed by atoms with Gasteiger partial charge in [0.15, 0.2) is 0 Å². The van der Waals surface area contributed by atoms with Crippen LogP contribution in [0, 0.1) is 0 Å². The summed E-state index contributed by atoms with van der Waals surface area (Å²) in [6, 6.07) is 6.24. The fourth-order valence-corrected chi connectivity index (χ4v) is 3.95. The van der Waals surface area contributed by atoms with E-state index in [-0.39, 0.29) is 5.91 Å². The van der Waals surface area contributed by atoms with E-state index < -0.39 is 0 Å². The van der Waals surface area contributed by atoms with Crippen LogP contribution in [0.2, 0.25) is 0 Å². The fraction of sp³-hybridized carbons (Fsp3) is 0.438. The molecule has 0 atom stereocenters. The van der Waals surface area contributed by atoms with Crippen molar-refractivity contribution in [3.63, 3.8) is 0 Å². The van der Waals surface area contributed by atoms with E-state index in [9.17, 15) is 4.79 Å². The van der Waals surface area contributed by atoms with Crippen LogP contribution in [0.5, 0.6) is 0 Å². The molecule has 5 heteroatoms. The molecule has 1 aliphatic heterocycles. The predicted molar refractivity (Wildman–Crippen MR) is 92.7 cm³/mol. The molecule has 0 saturated heterocycles. The number of rotatable bonds is 4. The molecule has 0 saturated carbocycles. The summed E-state index contributed by atoms with van der Waals surface area (Å²) in [4.78, 5) is 17.8. The highest BCUT2D eigenvalue weighted by Gasteiger charge is 2.24. The Morgan fingerprint density at radius 2 is 2.33 bits per heavy atom. The molecule has 3 rings (SSSR count). The molecule has 0 unspecified atom stereocenters. The number of fused-ring (bicyclic) bond motifs is 3. The first-order valence-corrected chi connectivity index (χ1v) is 9.29. The Bertz CT molecular complexity index is 668. The summed E-state index contributed by atoms with van der Waals surface area (Å²) in [6.07, 6.45) is 1.57. The molecule has 112 valence electrons. The minimum Gasteiger partial charge on any atom is -0.357 e. The molecule has 3 nitrogen and oxygen atoms in total. The van der Waals surface area contributed by atoms with Gasteiger partial charge in [-0.25, -0.2) is 0 Å². The molecule has 1 amide bonds. The van der Waals surface area contributed by atoms with Crippen LogP contribution < -0.4 is 0 Å². The van der Waals surface area contributed by atoms with Gasteiger partial charge < -0.3 is 9.88 Å². The standard InChI is InChI=1S/C16H19BrN2OS/c1-2-21-9-7-15(20)19-8-6-14-12(10-19)11-4-3-5-13(17)16(11)18-14/h3-5,18H,2,6-10H2,1H3. The lowest BCUT2D eigenvalue weighted by Gasteiger charge is -2.27. The van der Waals surface area contributed by atoms with E-state index in [1.807, 2.05) is 16.7 Å². The van der Waals surface area contributed by atoms with Crippen molar-refractivity contribution in [1.29, 1.82) is 0 Å². The molecule has 0 radical (unpaired) electrons. The molecule has 0 aliphatic carbocycles. The number of hydrogen-bond acceptors (Lipinski definition) is 2. The Hall–Kier alpha value is -0.940. The van der Waals surface area contributed by atoms with Gasteiger partial charge in [-0.2, -0.15) is 11.8 Å². The summed E-state index contributed by atoms with van der Waals surface area (Å²) >= 11 is 5.43. The number of hydrogen-bond donors (Lipinski definition) is 1. The van der Waals surface area contributed by atoms with Crippen molar-refractivity contribution in [3.8, 4) is 0 Å². The number of carbonyl (C=O) groups is 1. The Kier molecular flexibility index (Phi) is 4.60. The molecule has 0 fully saturated rings. The maximum atomic E-state index is 12.3. The number of benzene rings is 1. The predicted octanol–water partition coefficient (Wildman–Crippen LogP) is 3.96. The highest BCUT2D eigenvalue weighted by molar-refractivity contribution is 9.10. The Morgan fingerprint density at radius 1 is 1.48 bits per heavy atom. The van der Waals surface area contributed by atoms with Gasteiger partial charge in [0, 0.05) is 52.8 Å². The summed E-state index contributed by atoms with van der Waals surface area (Å²) in [7, 11) is 0. The van der Waals surface area contributed by atoms with Crippen LogP contribution in [0.1, 0.15) is 24.6 Å². The number of halogens is 1. The second-order valence-electron chi connectivity index (χ2n) is 5.26. The lowest BCUT2D eigenvalue weighted by Crippen LogP contribution is -2.35. The number of aromatic amines is 1. The molecular formula is C16H19BrN2OS. The number of thioether (sulfide) groups is 1. The van der Waals surface area contributed by atoms with Crippen molar-refractivity contribution < 1.29 is 4.79 Å². The van der Waals surface area contributed by atoms with Crippen LogP contribution in [-0.2, 0) is 17.8 Å². The number of nitrogens with one attached hydrogen (secondary N) is 1. The molecule has 2 heterocycles. The lowest BCUT2D eigenvalue weighted by molar-refractivity contribution is -0.131. The average molecular weight is 367 g/mol. The van der Waals surface area contributed by atoms with Crippen molar-refractivity contribution in [2.24, 2.45) is 0 Å². The molecule has 2 aromatic rings. The SMILES string of the molecule is CCSCCC(=O)N1CCc2[nH]c3c(Br)cccc3c2C1. The van der Waals surface area contributed by atoms with Gasteiger partial charge in [-0.05, 0) is 27.7 Å². The van der Waals surface area contributed by atoms with Gasteiger partial charge >= 0.3 is 0 Å². The van der Waals surface area contributed by atoms with E-state index in [2.05, 4.69) is 46.0 Å². The number of para-hydroxylation sites is 1. The van der Waals surface area contributed by atoms with Crippen LogP contribution in [0.3, 0.4) is 0 Å². The van der Waals surface area contributed by atoms with E-state index in [1.165, 1.54) is 16.6 Å². The van der Waals surface area contributed by atoms with Gasteiger partial charge in [0.25, 0.3) is 0 Å². The summed E-state index contributed by atoms with van der Waals surface area (Å²) in [5.41, 5.74) is 3.72. The topological polar surface area (TPSA) is 36.1 Å². The van der Waals surface area contributed by atoms with Gasteiger partial charge in [-0.3, -0.25) is 4.79 Å². The second-order valence-corrected chi connectivity index (χ2v) is 7.50. The van der Waals surface area contributed by atoms with E-state index >= 15 is 0 Å². The average Bonchev–Trinajstić information content (AvgIpc) is 2.87. The maximum Gasteiger partial charge on any atom is 0.223 e. The first kappa shape index (κ1) is 15.0. The zero-order valence-electron chi connectivity index (χ0n) is 12.1. The molecule has 1 aromatic heterocycles. The van der Waals surface area contributed by atoms with Gasteiger partial charge in [-0.1, -0.05) is 19.1 Å². The van der Waals surface area contributed by atoms with Crippen LogP contribution in [0.15, 0.2) is 22.7 Å². The summed E-state index contributed by atoms with van der Waals surface area (Å²) in [6.45, 7) is 3.70. The summed E-state index contributed by atoms with van der Waals surface area (Å²) in [5.74, 6) is 2.29. The zero-order chi connectivity index (χ0) is 14.8. The molecule has 1 N–H and O–H groups in total. The summed E-state index contributed by atoms with van der Waals surface area (Å²) in [5, 5.41) is 1.24. The second kappa shape index (κ2) is 6.44. The van der Waals surface area contributed by atoms with E-state index in [4.69, 9.17) is 0 Å². The van der Waals surface area contributed by atoms with E-state index in [1.54, 1.807) is 0 Å². The first-order valence-electron chi connectivity index (χ1n) is 7.34. The van der Waals surface area contributed by atoms with E-state index in [0.29, 0.717) is 6.42 Å². The van der Waals surface area contributed by atoms with Crippen molar-refractivity contribution in [2.75, 3.05) is 18.1 Å². The van der Waals surface area contributed by atoms with Gasteiger partial charge in [0.05, 0.1) is 5.52 Å². The molecule has 0 spiro atoms. The Labute approximate surface area is 137 Å². The van der Waals surface area contributed by atoms with Crippen LogP contribution >= 0.6 is 27.7 Å². The van der Waals surface area contributed by atoms with Crippen LogP contribution in [-0.4, -0.2) is 33.8 Å². The minimum atomic E-state index is 0.283. The van der Waals surface area contributed by atoms with Crippen LogP contribution in [0.25, 0.3) is 10.9 Å². The third-order valence-electron chi connectivity index (χ3n) is 3.98. The van der Waals surface area contributed by atoms with Crippen molar-refractivity contribution in [2.45, 2.75) is 26.3 Å². The quantitative estimate of drug-likeness (QED) is 0.831. The molecule has 1 aromatic carbocycles. The first-order chi connectivity index (χ1) is 10.2. The van der Waals surface area contributed by atoms with Crippen molar-refractivity contribution in [1.82, 2.24) is 9.88 Å². The molecular weight excluding hydrogens is 348 g/mol. The molecule has 21 heavy (non-hydrogen) atoms. The molecule has 0 bridgehead atoms. The number of H-pyrrole nitrogens is 1.